The number of nitrogens with zero attached hydrogens (tertiary/aromatic N) is 1. The van der Waals surface area contributed by atoms with Crippen LogP contribution < -0.4 is 5.32 Å². The number of hydrogen-bond acceptors (Lipinski definition) is 3. The van der Waals surface area contributed by atoms with Crippen molar-refractivity contribution in [2.45, 2.75) is 39.0 Å². The van der Waals surface area contributed by atoms with Crippen molar-refractivity contribution in [3.8, 4) is 0 Å². The van der Waals surface area contributed by atoms with Crippen molar-refractivity contribution in [2.75, 3.05) is 13.6 Å². The predicted molar refractivity (Wildman–Crippen MR) is 65.4 cm³/mol. The lowest BCUT2D eigenvalue weighted by Crippen LogP contribution is -2.31. The minimum absolute atomic E-state index is 0.522. The molecule has 1 aliphatic rings. The Balaban J connectivity index is 2.06. The predicted octanol–water partition coefficient (Wildman–Crippen LogP) is 2.77. The second kappa shape index (κ2) is 4.62. The van der Waals surface area contributed by atoms with E-state index < -0.39 is 0 Å². The van der Waals surface area contributed by atoms with Gasteiger partial charge in [-0.2, -0.15) is 0 Å². The van der Waals surface area contributed by atoms with Crippen molar-refractivity contribution in [1.29, 1.82) is 0 Å². The van der Waals surface area contributed by atoms with Crippen LogP contribution in [0.1, 0.15) is 35.6 Å². The molecule has 2 rings (SSSR count). The molecule has 0 aromatic carbocycles. The van der Waals surface area contributed by atoms with Gasteiger partial charge in [0.2, 0.25) is 0 Å². The second-order valence-electron chi connectivity index (χ2n) is 4.76. The molecule has 3 heteroatoms. The van der Waals surface area contributed by atoms with E-state index in [-0.39, 0.29) is 0 Å². The maximum Gasteiger partial charge on any atom is 0.0896 e. The minimum Gasteiger partial charge on any atom is -0.319 e. The van der Waals surface area contributed by atoms with Crippen molar-refractivity contribution < 1.29 is 0 Å². The topological polar surface area (TPSA) is 24.9 Å². The van der Waals surface area contributed by atoms with E-state index in [0.717, 1.165) is 6.54 Å². The van der Waals surface area contributed by atoms with Gasteiger partial charge in [0.25, 0.3) is 0 Å². The fraction of sp³-hybridized carbons (Fsp3) is 0.750. The standard InChI is InChI=1S/C12H20N2S/c1-10-14-8-11(15-10)7-12(9-13-2)5-3-4-6-12/h8,13H,3-7,9H2,1-2H3. The molecule has 0 radical (unpaired) electrons. The number of aromatic nitrogens is 1. The highest BCUT2D eigenvalue weighted by atomic mass is 32.1. The molecule has 0 saturated heterocycles. The van der Waals surface area contributed by atoms with Gasteiger partial charge in [-0.25, -0.2) is 4.98 Å². The van der Waals surface area contributed by atoms with Crippen LogP contribution in [0.15, 0.2) is 6.20 Å². The minimum atomic E-state index is 0.522. The summed E-state index contributed by atoms with van der Waals surface area (Å²) in [6.45, 7) is 3.25. The first-order chi connectivity index (χ1) is 7.24. The van der Waals surface area contributed by atoms with E-state index in [1.807, 2.05) is 11.3 Å². The molecule has 1 N–H and O–H groups in total. The van der Waals surface area contributed by atoms with Gasteiger partial charge in [0, 0.05) is 17.6 Å². The molecule has 1 aromatic rings. The molecule has 2 nitrogen and oxygen atoms in total. The van der Waals surface area contributed by atoms with Crippen LogP contribution in [0.4, 0.5) is 0 Å². The number of rotatable bonds is 4. The summed E-state index contributed by atoms with van der Waals surface area (Å²) >= 11 is 1.86. The summed E-state index contributed by atoms with van der Waals surface area (Å²) in [6, 6.07) is 0. The van der Waals surface area contributed by atoms with E-state index in [2.05, 4.69) is 30.5 Å². The first-order valence-corrected chi connectivity index (χ1v) is 6.62. The Morgan fingerprint density at radius 1 is 1.47 bits per heavy atom. The van der Waals surface area contributed by atoms with Gasteiger partial charge in [-0.05, 0) is 38.6 Å². The fourth-order valence-electron chi connectivity index (χ4n) is 2.77. The lowest BCUT2D eigenvalue weighted by atomic mass is 9.82. The van der Waals surface area contributed by atoms with E-state index in [0.29, 0.717) is 5.41 Å². The molecule has 0 atom stereocenters. The molecule has 0 amide bonds. The largest absolute Gasteiger partial charge is 0.319 e. The summed E-state index contributed by atoms with van der Waals surface area (Å²) in [5.41, 5.74) is 0.522. The Hall–Kier alpha value is -0.410. The smallest absolute Gasteiger partial charge is 0.0896 e. The number of nitrogens with one attached hydrogen (secondary N) is 1. The molecule has 1 aliphatic carbocycles. The molecule has 1 heterocycles. The monoisotopic (exact) mass is 224 g/mol. The molecule has 0 bridgehead atoms. The van der Waals surface area contributed by atoms with Crippen molar-refractivity contribution in [2.24, 2.45) is 5.41 Å². The second-order valence-corrected chi connectivity index (χ2v) is 6.08. The number of aryl methyl sites for hydroxylation is 1. The van der Waals surface area contributed by atoms with Gasteiger partial charge in [-0.15, -0.1) is 11.3 Å². The van der Waals surface area contributed by atoms with Crippen LogP contribution in [0, 0.1) is 12.3 Å². The molecule has 0 unspecified atom stereocenters. The summed E-state index contributed by atoms with van der Waals surface area (Å²) in [5.74, 6) is 0. The summed E-state index contributed by atoms with van der Waals surface area (Å²) in [5, 5.41) is 4.56. The van der Waals surface area contributed by atoms with E-state index in [1.165, 1.54) is 42.0 Å². The van der Waals surface area contributed by atoms with Crippen LogP contribution in [-0.2, 0) is 6.42 Å². The third-order valence-corrected chi connectivity index (χ3v) is 4.35. The molecular formula is C12H20N2S. The molecule has 1 saturated carbocycles. The quantitative estimate of drug-likeness (QED) is 0.850. The van der Waals surface area contributed by atoms with E-state index >= 15 is 0 Å². The number of thiazole rings is 1. The third kappa shape index (κ3) is 2.58. The van der Waals surface area contributed by atoms with Crippen molar-refractivity contribution in [3.63, 3.8) is 0 Å². The van der Waals surface area contributed by atoms with Crippen LogP contribution in [0.2, 0.25) is 0 Å². The Morgan fingerprint density at radius 3 is 2.73 bits per heavy atom. The highest BCUT2D eigenvalue weighted by Crippen LogP contribution is 2.41. The van der Waals surface area contributed by atoms with Crippen LogP contribution in [-0.4, -0.2) is 18.6 Å². The maximum atomic E-state index is 4.35. The Kier molecular flexibility index (Phi) is 3.42. The summed E-state index contributed by atoms with van der Waals surface area (Å²) in [6.07, 6.45) is 8.85. The third-order valence-electron chi connectivity index (χ3n) is 3.43. The molecular weight excluding hydrogens is 204 g/mol. The van der Waals surface area contributed by atoms with Crippen molar-refractivity contribution in [1.82, 2.24) is 10.3 Å². The first kappa shape index (κ1) is 11.1. The average molecular weight is 224 g/mol. The van der Waals surface area contributed by atoms with Crippen LogP contribution >= 0.6 is 11.3 Å². The van der Waals surface area contributed by atoms with Gasteiger partial charge in [0.15, 0.2) is 0 Å². The van der Waals surface area contributed by atoms with Crippen molar-refractivity contribution in [3.05, 3.63) is 16.1 Å². The molecule has 1 aromatic heterocycles. The fourth-order valence-corrected chi connectivity index (χ4v) is 3.74. The zero-order valence-electron chi connectivity index (χ0n) is 9.68. The van der Waals surface area contributed by atoms with Crippen LogP contribution in [0.3, 0.4) is 0 Å². The van der Waals surface area contributed by atoms with Gasteiger partial charge in [-0.1, -0.05) is 12.8 Å². The van der Waals surface area contributed by atoms with Gasteiger partial charge in [-0.3, -0.25) is 0 Å². The first-order valence-electron chi connectivity index (χ1n) is 5.80. The van der Waals surface area contributed by atoms with E-state index in [1.54, 1.807) is 0 Å². The van der Waals surface area contributed by atoms with Crippen LogP contribution in [0.5, 0.6) is 0 Å². The molecule has 0 spiro atoms. The zero-order valence-corrected chi connectivity index (χ0v) is 10.5. The summed E-state index contributed by atoms with van der Waals surface area (Å²) in [4.78, 5) is 5.81. The van der Waals surface area contributed by atoms with Crippen molar-refractivity contribution >= 4 is 11.3 Å². The SMILES string of the molecule is CNCC1(Cc2cnc(C)s2)CCCC1. The average Bonchev–Trinajstić information content (AvgIpc) is 2.78. The lowest BCUT2D eigenvalue weighted by Gasteiger charge is -2.28. The molecule has 84 valence electrons. The van der Waals surface area contributed by atoms with E-state index in [4.69, 9.17) is 0 Å². The Morgan fingerprint density at radius 2 is 2.20 bits per heavy atom. The van der Waals surface area contributed by atoms with Gasteiger partial charge in [0.1, 0.15) is 0 Å². The summed E-state index contributed by atoms with van der Waals surface area (Å²) in [7, 11) is 2.07. The Labute approximate surface area is 96.1 Å². The lowest BCUT2D eigenvalue weighted by molar-refractivity contribution is 0.287. The highest BCUT2D eigenvalue weighted by molar-refractivity contribution is 7.11. The van der Waals surface area contributed by atoms with Gasteiger partial charge in [0.05, 0.1) is 5.01 Å². The zero-order chi connectivity index (χ0) is 10.7. The maximum absolute atomic E-state index is 4.35. The Bertz CT molecular complexity index is 313. The highest BCUT2D eigenvalue weighted by Gasteiger charge is 2.33. The van der Waals surface area contributed by atoms with E-state index in [9.17, 15) is 0 Å². The normalized spacial score (nSPS) is 19.6. The molecule has 0 aliphatic heterocycles. The van der Waals surface area contributed by atoms with Gasteiger partial charge >= 0.3 is 0 Å². The molecule has 15 heavy (non-hydrogen) atoms. The summed E-state index contributed by atoms with van der Waals surface area (Å²) < 4.78 is 0. The van der Waals surface area contributed by atoms with Crippen LogP contribution in [0.25, 0.3) is 0 Å². The van der Waals surface area contributed by atoms with Gasteiger partial charge < -0.3 is 5.32 Å². The molecule has 1 fully saturated rings. The number of hydrogen-bond donors (Lipinski definition) is 1.